The van der Waals surface area contributed by atoms with Crippen molar-refractivity contribution in [1.29, 1.82) is 0 Å². The minimum Gasteiger partial charge on any atom is -0.483 e. The summed E-state index contributed by atoms with van der Waals surface area (Å²) in [4.78, 5) is 45.3. The first-order valence-electron chi connectivity index (χ1n) is 14.3. The second kappa shape index (κ2) is 12.8. The summed E-state index contributed by atoms with van der Waals surface area (Å²) in [6.45, 7) is 3.34. The lowest BCUT2D eigenvalue weighted by molar-refractivity contribution is -0.135. The highest BCUT2D eigenvalue weighted by Gasteiger charge is 2.48. The number of carbonyl (C=O) groups excluding carboxylic acids is 2. The van der Waals surface area contributed by atoms with E-state index in [1.807, 2.05) is 4.90 Å². The second-order valence-corrected chi connectivity index (χ2v) is 11.3. The van der Waals surface area contributed by atoms with Gasteiger partial charge in [-0.05, 0) is 36.6 Å². The molecule has 0 spiro atoms. The Balaban J connectivity index is 1.14. The predicted molar refractivity (Wildman–Crippen MR) is 158 cm³/mol. The summed E-state index contributed by atoms with van der Waals surface area (Å²) < 4.78 is 13.2. The zero-order valence-electron chi connectivity index (χ0n) is 23.9. The molecule has 0 radical (unpaired) electrons. The van der Waals surface area contributed by atoms with Crippen LogP contribution in [0.2, 0.25) is 5.02 Å². The molecule has 2 aromatic heterocycles. The number of nitrogens with one attached hydrogen (secondary N) is 2. The molecule has 1 aliphatic carbocycles. The molecule has 44 heavy (non-hydrogen) atoms. The average Bonchev–Trinajstić information content (AvgIpc) is 3.73. The summed E-state index contributed by atoms with van der Waals surface area (Å²) in [5.74, 6) is 0.290. The highest BCUT2D eigenvalue weighted by Crippen LogP contribution is 2.34. The Kier molecular flexibility index (Phi) is 8.68. The highest BCUT2D eigenvalue weighted by atomic mass is 35.5. The summed E-state index contributed by atoms with van der Waals surface area (Å²) in [6.07, 6.45) is 1.60. The second-order valence-electron chi connectivity index (χ2n) is 10.8. The number of rotatable bonds is 10. The van der Waals surface area contributed by atoms with Crippen molar-refractivity contribution in [2.45, 2.75) is 49.9 Å². The lowest BCUT2D eigenvalue weighted by Gasteiger charge is -2.34. The van der Waals surface area contributed by atoms with Crippen molar-refractivity contribution in [2.75, 3.05) is 45.2 Å². The SMILES string of the molecule is CNC(=O)[C@H]1O[C@@H](n2cnc3c(NCc4cc(Cl)ccc4OCC(=O)N4CCN(C5CC5)CC4)ncnc32)[C@H](O)[C@@H]1N=[N+]=[N-]. The molecule has 0 unspecified atom stereocenters. The first kappa shape index (κ1) is 29.8. The van der Waals surface area contributed by atoms with E-state index >= 15 is 0 Å². The molecule has 3 fully saturated rings. The van der Waals surface area contributed by atoms with Gasteiger partial charge in [0, 0.05) is 61.3 Å². The zero-order chi connectivity index (χ0) is 30.8. The number of likely N-dealkylation sites (N-methyl/N-ethyl adjacent to an activating group) is 1. The van der Waals surface area contributed by atoms with Gasteiger partial charge < -0.3 is 30.1 Å². The number of benzene rings is 1. The van der Waals surface area contributed by atoms with E-state index < -0.39 is 30.4 Å². The van der Waals surface area contributed by atoms with Crippen LogP contribution in [0.25, 0.3) is 21.6 Å². The average molecular weight is 626 g/mol. The first-order valence-corrected chi connectivity index (χ1v) is 14.7. The predicted octanol–water partition coefficient (Wildman–Crippen LogP) is 1.46. The van der Waals surface area contributed by atoms with Crippen molar-refractivity contribution in [3.63, 3.8) is 0 Å². The molecule has 232 valence electrons. The van der Waals surface area contributed by atoms with E-state index in [0.29, 0.717) is 52.4 Å². The summed E-state index contributed by atoms with van der Waals surface area (Å²) in [7, 11) is 1.42. The number of imidazole rings is 1. The number of nitrogens with zero attached hydrogens (tertiary/aromatic N) is 9. The number of amides is 2. The first-order chi connectivity index (χ1) is 21.4. The maximum Gasteiger partial charge on any atom is 0.260 e. The van der Waals surface area contributed by atoms with Crippen LogP contribution in [-0.2, 0) is 20.9 Å². The van der Waals surface area contributed by atoms with Gasteiger partial charge in [-0.1, -0.05) is 16.7 Å². The lowest BCUT2D eigenvalue weighted by atomic mass is 10.1. The van der Waals surface area contributed by atoms with E-state index in [9.17, 15) is 14.7 Å². The number of halogens is 1. The van der Waals surface area contributed by atoms with Gasteiger partial charge in [0.15, 0.2) is 29.8 Å². The molecule has 6 rings (SSSR count). The van der Waals surface area contributed by atoms with Gasteiger partial charge in [0.25, 0.3) is 5.91 Å². The summed E-state index contributed by atoms with van der Waals surface area (Å²) in [6, 6.07) is 4.72. The number of hydrogen-bond acceptors (Lipinski definition) is 11. The van der Waals surface area contributed by atoms with Gasteiger partial charge in [-0.25, -0.2) is 15.0 Å². The summed E-state index contributed by atoms with van der Waals surface area (Å²) >= 11 is 6.29. The molecule has 0 bridgehead atoms. The molecule has 2 amide bonds. The van der Waals surface area contributed by atoms with E-state index in [-0.39, 0.29) is 19.1 Å². The van der Waals surface area contributed by atoms with Crippen molar-refractivity contribution >= 4 is 40.4 Å². The largest absolute Gasteiger partial charge is 0.483 e. The zero-order valence-corrected chi connectivity index (χ0v) is 24.7. The van der Waals surface area contributed by atoms with E-state index in [0.717, 1.165) is 13.1 Å². The Morgan fingerprint density at radius 1 is 1.23 bits per heavy atom. The maximum atomic E-state index is 12.9. The monoisotopic (exact) mass is 625 g/mol. The molecular formula is C27H32ClN11O5. The van der Waals surface area contributed by atoms with E-state index in [1.54, 1.807) is 18.2 Å². The number of ether oxygens (including phenoxy) is 2. The van der Waals surface area contributed by atoms with Crippen LogP contribution in [-0.4, -0.2) is 110 Å². The fourth-order valence-electron chi connectivity index (χ4n) is 5.62. The van der Waals surface area contributed by atoms with Crippen LogP contribution in [0, 0.1) is 0 Å². The maximum absolute atomic E-state index is 12.9. The fraction of sp³-hybridized carbons (Fsp3) is 0.519. The van der Waals surface area contributed by atoms with Crippen LogP contribution in [0.15, 0.2) is 36.0 Å². The Bertz CT molecular complexity index is 1590. The van der Waals surface area contributed by atoms with E-state index in [2.05, 4.69) is 40.5 Å². The molecule has 17 heteroatoms. The normalized spacial score (nSPS) is 23.8. The van der Waals surface area contributed by atoms with Crippen LogP contribution >= 0.6 is 11.6 Å². The van der Waals surface area contributed by atoms with Crippen molar-refractivity contribution < 1.29 is 24.2 Å². The molecule has 2 saturated heterocycles. The standard InChI is InChI=1S/C27H32ClN11O5/c1-30-26(42)23-20(35-36-29)22(41)27(44-23)39-14-34-21-24(32-13-33-25(21)39)31-11-15-10-16(28)2-5-18(15)43-12-19(40)38-8-6-37(7-9-38)17-3-4-17/h2,5,10,13-14,17,20,22-23,27,41H,3-4,6-9,11-12H2,1H3,(H,30,42)(H,31,32,33)/t20-,22+,23-,27+/m0/s1. The van der Waals surface area contributed by atoms with Crippen molar-refractivity contribution in [1.82, 2.24) is 34.6 Å². The molecule has 16 nitrogen and oxygen atoms in total. The molecule has 1 aromatic carbocycles. The van der Waals surface area contributed by atoms with Gasteiger partial charge in [0.2, 0.25) is 5.91 Å². The van der Waals surface area contributed by atoms with Gasteiger partial charge in [0.1, 0.15) is 30.3 Å². The molecular weight excluding hydrogens is 594 g/mol. The van der Waals surface area contributed by atoms with E-state index in [1.165, 1.54) is 37.1 Å². The van der Waals surface area contributed by atoms with Gasteiger partial charge in [-0.2, -0.15) is 0 Å². The number of carbonyl (C=O) groups is 2. The van der Waals surface area contributed by atoms with Gasteiger partial charge in [-0.15, -0.1) is 0 Å². The number of piperazine rings is 1. The van der Waals surface area contributed by atoms with Crippen molar-refractivity contribution in [3.8, 4) is 5.75 Å². The van der Waals surface area contributed by atoms with Crippen LogP contribution in [0.3, 0.4) is 0 Å². The van der Waals surface area contributed by atoms with Crippen LogP contribution < -0.4 is 15.4 Å². The Morgan fingerprint density at radius 2 is 2.02 bits per heavy atom. The molecule has 3 aromatic rings. The van der Waals surface area contributed by atoms with Gasteiger partial charge in [-0.3, -0.25) is 19.1 Å². The number of hydrogen-bond donors (Lipinski definition) is 3. The topological polar surface area (TPSA) is 196 Å². The van der Waals surface area contributed by atoms with Gasteiger partial charge in [0.05, 0.1) is 6.33 Å². The number of anilines is 1. The third kappa shape index (κ3) is 6.07. The minimum atomic E-state index is -1.34. The lowest BCUT2D eigenvalue weighted by Crippen LogP contribution is -2.50. The molecule has 4 heterocycles. The third-order valence-electron chi connectivity index (χ3n) is 8.11. The summed E-state index contributed by atoms with van der Waals surface area (Å²) in [5, 5.41) is 20.6. The Morgan fingerprint density at radius 3 is 2.75 bits per heavy atom. The van der Waals surface area contributed by atoms with Crippen LogP contribution in [0.1, 0.15) is 24.6 Å². The van der Waals surface area contributed by atoms with Crippen LogP contribution in [0.5, 0.6) is 5.75 Å². The smallest absolute Gasteiger partial charge is 0.260 e. The third-order valence-corrected chi connectivity index (χ3v) is 8.35. The van der Waals surface area contributed by atoms with Gasteiger partial charge >= 0.3 is 0 Å². The minimum absolute atomic E-state index is 0.0602. The molecule has 1 saturated carbocycles. The highest BCUT2D eigenvalue weighted by molar-refractivity contribution is 6.30. The quantitative estimate of drug-likeness (QED) is 0.168. The Labute approximate surface area is 256 Å². The van der Waals surface area contributed by atoms with Crippen molar-refractivity contribution in [3.05, 3.63) is 51.9 Å². The van der Waals surface area contributed by atoms with Crippen LogP contribution in [0.4, 0.5) is 5.82 Å². The number of azide groups is 1. The van der Waals surface area contributed by atoms with Crippen molar-refractivity contribution in [2.24, 2.45) is 5.11 Å². The molecule has 4 atom stereocenters. The number of aromatic nitrogens is 4. The fourth-order valence-corrected chi connectivity index (χ4v) is 5.81. The number of aliphatic hydroxyl groups is 1. The number of fused-ring (bicyclic) bond motifs is 1. The molecule has 2 aliphatic heterocycles. The summed E-state index contributed by atoms with van der Waals surface area (Å²) in [5.41, 5.74) is 10.3. The Hall–Kier alpha value is -4.21. The van der Waals surface area contributed by atoms with E-state index in [4.69, 9.17) is 26.6 Å². The number of aliphatic hydroxyl groups excluding tert-OH is 1. The molecule has 3 aliphatic rings. The molecule has 3 N–H and O–H groups in total.